The number of nitrogens with one attached hydrogen (secondary N) is 1. The minimum atomic E-state index is -0.570. The standard InChI is InChI=1S/C23H15N3O5S/c1-12(16-8-14-6-7-15(27)10-20(14)31-21(16)28)25-26-23-24-18(11-32-23)17-9-13-4-2-3-5-19(13)30-22(17)29/h2-11,27H,1H3,(H,24,26)/b25-12+. The normalized spacial score (nSPS) is 11.8. The molecule has 158 valence electrons. The third-order valence-corrected chi connectivity index (χ3v) is 5.60. The molecule has 32 heavy (non-hydrogen) atoms. The molecule has 0 bridgehead atoms. The third-order valence-electron chi connectivity index (χ3n) is 4.85. The van der Waals surface area contributed by atoms with Crippen molar-refractivity contribution in [2.24, 2.45) is 5.10 Å². The summed E-state index contributed by atoms with van der Waals surface area (Å²) in [6.07, 6.45) is 0. The average molecular weight is 445 g/mol. The number of rotatable bonds is 4. The number of para-hydroxylation sites is 1. The van der Waals surface area contributed by atoms with Crippen LogP contribution in [-0.4, -0.2) is 15.8 Å². The lowest BCUT2D eigenvalue weighted by molar-refractivity contribution is 0.473. The SMILES string of the molecule is C/C(=N\Nc1nc(-c2cc3ccccc3oc2=O)cs1)c1cc2ccc(O)cc2oc1=O. The van der Waals surface area contributed by atoms with Crippen LogP contribution in [0.3, 0.4) is 0 Å². The summed E-state index contributed by atoms with van der Waals surface area (Å²) in [6.45, 7) is 1.66. The molecule has 0 atom stereocenters. The van der Waals surface area contributed by atoms with Crippen molar-refractivity contribution < 1.29 is 13.9 Å². The van der Waals surface area contributed by atoms with Gasteiger partial charge in [-0.1, -0.05) is 18.2 Å². The van der Waals surface area contributed by atoms with Crippen molar-refractivity contribution in [3.8, 4) is 17.0 Å². The number of phenols is 1. The van der Waals surface area contributed by atoms with E-state index in [1.807, 2.05) is 12.1 Å². The van der Waals surface area contributed by atoms with Gasteiger partial charge in [0.2, 0.25) is 5.13 Å². The van der Waals surface area contributed by atoms with E-state index in [9.17, 15) is 14.7 Å². The van der Waals surface area contributed by atoms with E-state index in [-0.39, 0.29) is 11.3 Å². The number of aromatic nitrogens is 1. The van der Waals surface area contributed by atoms with Crippen molar-refractivity contribution in [3.63, 3.8) is 0 Å². The van der Waals surface area contributed by atoms with Crippen molar-refractivity contribution in [2.45, 2.75) is 6.92 Å². The van der Waals surface area contributed by atoms with E-state index in [0.717, 1.165) is 5.39 Å². The molecule has 2 aromatic carbocycles. The lowest BCUT2D eigenvalue weighted by Crippen LogP contribution is -2.13. The molecule has 0 saturated carbocycles. The molecule has 5 rings (SSSR count). The highest BCUT2D eigenvalue weighted by Crippen LogP contribution is 2.25. The number of phenolic OH excluding ortho intramolecular Hbond substituents is 1. The molecule has 0 unspecified atom stereocenters. The summed E-state index contributed by atoms with van der Waals surface area (Å²) in [5, 5.41) is 17.4. The molecule has 5 aromatic rings. The molecule has 2 N–H and O–H groups in total. The van der Waals surface area contributed by atoms with Crippen LogP contribution in [0.5, 0.6) is 5.75 Å². The molecular formula is C23H15N3O5S. The number of benzene rings is 2. The topological polar surface area (TPSA) is 118 Å². The van der Waals surface area contributed by atoms with Crippen LogP contribution in [0.15, 0.2) is 83.5 Å². The van der Waals surface area contributed by atoms with Crippen LogP contribution < -0.4 is 16.7 Å². The Hall–Kier alpha value is -4.24. The zero-order chi connectivity index (χ0) is 22.2. The Kier molecular flexibility index (Phi) is 4.79. The molecule has 8 nitrogen and oxygen atoms in total. The molecule has 0 fully saturated rings. The second kappa shape index (κ2) is 7.78. The van der Waals surface area contributed by atoms with Crippen LogP contribution in [0.4, 0.5) is 5.13 Å². The Morgan fingerprint density at radius 1 is 1.00 bits per heavy atom. The largest absolute Gasteiger partial charge is 0.508 e. The van der Waals surface area contributed by atoms with E-state index in [4.69, 9.17) is 8.83 Å². The molecule has 9 heteroatoms. The third kappa shape index (κ3) is 3.65. The summed E-state index contributed by atoms with van der Waals surface area (Å²) in [7, 11) is 0. The lowest BCUT2D eigenvalue weighted by Gasteiger charge is -2.03. The van der Waals surface area contributed by atoms with Crippen LogP contribution in [0.1, 0.15) is 12.5 Å². The van der Waals surface area contributed by atoms with E-state index < -0.39 is 11.3 Å². The Morgan fingerprint density at radius 2 is 1.78 bits per heavy atom. The van der Waals surface area contributed by atoms with Crippen molar-refractivity contribution in [1.29, 1.82) is 0 Å². The van der Waals surface area contributed by atoms with Gasteiger partial charge < -0.3 is 13.9 Å². The zero-order valence-corrected chi connectivity index (χ0v) is 17.5. The minimum Gasteiger partial charge on any atom is -0.508 e. The smallest absolute Gasteiger partial charge is 0.345 e. The Balaban J connectivity index is 1.43. The predicted octanol–water partition coefficient (Wildman–Crippen LogP) is 4.56. The molecule has 0 aliphatic rings. The number of nitrogens with zero attached hydrogens (tertiary/aromatic N) is 2. The van der Waals surface area contributed by atoms with Crippen molar-refractivity contribution in [2.75, 3.05) is 5.43 Å². The monoisotopic (exact) mass is 445 g/mol. The van der Waals surface area contributed by atoms with Crippen LogP contribution in [0.25, 0.3) is 33.2 Å². The summed E-state index contributed by atoms with van der Waals surface area (Å²) in [6, 6.07) is 15.2. The zero-order valence-electron chi connectivity index (χ0n) is 16.7. The highest BCUT2D eigenvalue weighted by Gasteiger charge is 2.12. The van der Waals surface area contributed by atoms with Gasteiger partial charge in [0.1, 0.15) is 16.9 Å². The first kappa shape index (κ1) is 19.7. The van der Waals surface area contributed by atoms with Crippen LogP contribution in [-0.2, 0) is 0 Å². The van der Waals surface area contributed by atoms with Crippen molar-refractivity contribution in [3.05, 3.63) is 86.4 Å². The number of thiazole rings is 1. The molecular weight excluding hydrogens is 430 g/mol. The van der Waals surface area contributed by atoms with E-state index >= 15 is 0 Å². The van der Waals surface area contributed by atoms with E-state index in [1.165, 1.54) is 23.5 Å². The fraction of sp³-hybridized carbons (Fsp3) is 0.0435. The van der Waals surface area contributed by atoms with Gasteiger partial charge in [-0.05, 0) is 37.3 Å². The first-order valence-electron chi connectivity index (χ1n) is 9.54. The Morgan fingerprint density at radius 3 is 2.66 bits per heavy atom. The highest BCUT2D eigenvalue weighted by atomic mass is 32.1. The molecule has 0 spiro atoms. The summed E-state index contributed by atoms with van der Waals surface area (Å²) in [5.74, 6) is 0.0143. The lowest BCUT2D eigenvalue weighted by atomic mass is 10.1. The van der Waals surface area contributed by atoms with Crippen LogP contribution in [0.2, 0.25) is 0 Å². The number of fused-ring (bicyclic) bond motifs is 2. The first-order valence-corrected chi connectivity index (χ1v) is 10.4. The van der Waals surface area contributed by atoms with Crippen molar-refractivity contribution >= 4 is 44.1 Å². The summed E-state index contributed by atoms with van der Waals surface area (Å²) in [5.41, 5.74) is 4.08. The number of hydrazone groups is 1. The van der Waals surface area contributed by atoms with E-state index in [1.54, 1.807) is 42.6 Å². The van der Waals surface area contributed by atoms with Gasteiger partial charge in [0.15, 0.2) is 0 Å². The number of anilines is 1. The minimum absolute atomic E-state index is 0.0143. The summed E-state index contributed by atoms with van der Waals surface area (Å²) >= 11 is 1.26. The maximum atomic E-state index is 12.3. The second-order valence-electron chi connectivity index (χ2n) is 7.00. The van der Waals surface area contributed by atoms with Gasteiger partial charge >= 0.3 is 11.3 Å². The van der Waals surface area contributed by atoms with Gasteiger partial charge in [-0.2, -0.15) is 5.10 Å². The van der Waals surface area contributed by atoms with E-state index in [2.05, 4.69) is 15.5 Å². The predicted molar refractivity (Wildman–Crippen MR) is 124 cm³/mol. The van der Waals surface area contributed by atoms with Gasteiger partial charge in [0.25, 0.3) is 0 Å². The van der Waals surface area contributed by atoms with Gasteiger partial charge in [-0.25, -0.2) is 14.6 Å². The molecule has 0 amide bonds. The number of hydrogen-bond donors (Lipinski definition) is 2. The quantitative estimate of drug-likeness (QED) is 0.236. The fourth-order valence-corrected chi connectivity index (χ4v) is 3.89. The van der Waals surface area contributed by atoms with Crippen LogP contribution in [0, 0.1) is 0 Å². The molecule has 0 aliphatic carbocycles. The summed E-state index contributed by atoms with van der Waals surface area (Å²) < 4.78 is 10.6. The second-order valence-corrected chi connectivity index (χ2v) is 7.86. The Bertz CT molecular complexity index is 1630. The molecule has 3 aromatic heterocycles. The Labute approximate surface area is 184 Å². The number of hydrogen-bond acceptors (Lipinski definition) is 9. The van der Waals surface area contributed by atoms with Gasteiger partial charge in [-0.15, -0.1) is 11.3 Å². The average Bonchev–Trinajstić information content (AvgIpc) is 3.25. The number of aromatic hydroxyl groups is 1. The van der Waals surface area contributed by atoms with Gasteiger partial charge in [0.05, 0.1) is 22.5 Å². The van der Waals surface area contributed by atoms with Crippen LogP contribution >= 0.6 is 11.3 Å². The molecule has 3 heterocycles. The fourth-order valence-electron chi connectivity index (χ4n) is 3.23. The van der Waals surface area contributed by atoms with Gasteiger partial charge in [-0.3, -0.25) is 5.43 Å². The molecule has 0 saturated heterocycles. The molecule has 0 radical (unpaired) electrons. The molecule has 0 aliphatic heterocycles. The maximum Gasteiger partial charge on any atom is 0.345 e. The van der Waals surface area contributed by atoms with Crippen molar-refractivity contribution in [1.82, 2.24) is 4.98 Å². The highest BCUT2D eigenvalue weighted by molar-refractivity contribution is 7.14. The van der Waals surface area contributed by atoms with E-state index in [0.29, 0.717) is 38.7 Å². The maximum absolute atomic E-state index is 12.3. The summed E-state index contributed by atoms with van der Waals surface area (Å²) in [4.78, 5) is 29.1. The van der Waals surface area contributed by atoms with Gasteiger partial charge in [0, 0.05) is 22.2 Å². The first-order chi connectivity index (χ1) is 15.5.